The number of benzene rings is 2. The summed E-state index contributed by atoms with van der Waals surface area (Å²) in [6, 6.07) is 4.86. The Morgan fingerprint density at radius 1 is 1.02 bits per heavy atom. The van der Waals surface area contributed by atoms with Gasteiger partial charge in [0.2, 0.25) is 0 Å². The Kier molecular flexibility index (Phi) is 6.33. The normalized spacial score (nSPS) is 19.4. The molecule has 5 heterocycles. The number of halogens is 3. The van der Waals surface area contributed by atoms with Crippen molar-refractivity contribution >= 4 is 17.0 Å². The van der Waals surface area contributed by atoms with Crippen LogP contribution in [-0.2, 0) is 11.8 Å². The summed E-state index contributed by atoms with van der Waals surface area (Å²) in [5.74, 6) is -0.830. The van der Waals surface area contributed by atoms with Crippen molar-refractivity contribution in [3.63, 3.8) is 0 Å². The molecule has 45 heavy (non-hydrogen) atoms. The van der Waals surface area contributed by atoms with Gasteiger partial charge < -0.3 is 4.74 Å². The summed E-state index contributed by atoms with van der Waals surface area (Å²) in [4.78, 5) is 29.0. The largest absolute Gasteiger partial charge is 0.444 e. The lowest BCUT2D eigenvalue weighted by atomic mass is 9.98. The number of nitrogens with zero attached hydrogens (tertiary/aromatic N) is 7. The number of alkyl halides is 1. The van der Waals surface area contributed by atoms with E-state index in [0.717, 1.165) is 4.57 Å². The van der Waals surface area contributed by atoms with Crippen LogP contribution >= 0.6 is 0 Å². The third-order valence-corrected chi connectivity index (χ3v) is 8.67. The average Bonchev–Trinajstić information content (AvgIpc) is 3.73. The molecule has 2 aliphatic heterocycles. The lowest BCUT2D eigenvalue weighted by molar-refractivity contribution is 0.00106. The second-order valence-corrected chi connectivity index (χ2v) is 12.8. The van der Waals surface area contributed by atoms with Gasteiger partial charge in [0.1, 0.15) is 22.9 Å². The number of hydrogen-bond acceptors (Lipinski definition) is 5. The minimum Gasteiger partial charge on any atom is -0.444 e. The van der Waals surface area contributed by atoms with Crippen LogP contribution < -0.4 is 5.69 Å². The zero-order chi connectivity index (χ0) is 32.1. The van der Waals surface area contributed by atoms with E-state index >= 15 is 8.78 Å². The van der Waals surface area contributed by atoms with Crippen molar-refractivity contribution in [2.75, 3.05) is 0 Å². The summed E-state index contributed by atoms with van der Waals surface area (Å²) in [6.07, 6.45) is 2.74. The zero-order valence-corrected chi connectivity index (χ0v) is 25.7. The molecule has 0 spiro atoms. The number of carbonyl (C=O) groups is 1. The highest BCUT2D eigenvalue weighted by Crippen LogP contribution is 2.52. The topological polar surface area (TPSA) is 92.1 Å². The number of hydrogen-bond donors (Lipinski definition) is 0. The minimum absolute atomic E-state index is 0.00679. The van der Waals surface area contributed by atoms with E-state index in [-0.39, 0.29) is 28.4 Å². The van der Waals surface area contributed by atoms with Crippen molar-refractivity contribution < 1.29 is 22.7 Å². The van der Waals surface area contributed by atoms with E-state index in [1.807, 2.05) is 0 Å². The predicted octanol–water partition coefficient (Wildman–Crippen LogP) is 6.06. The van der Waals surface area contributed by atoms with Crippen LogP contribution in [0.25, 0.3) is 28.1 Å². The van der Waals surface area contributed by atoms with E-state index in [4.69, 9.17) is 4.74 Å². The molecule has 3 atom stereocenters. The number of aromatic nitrogens is 6. The molecule has 1 fully saturated rings. The fourth-order valence-corrected chi connectivity index (χ4v) is 6.68. The average molecular weight is 620 g/mol. The fraction of sp³-hybridized carbons (Fsp3) is 0.375. The predicted molar refractivity (Wildman–Crippen MR) is 160 cm³/mol. The maximum Gasteiger partial charge on any atom is 0.411 e. The standard InChI is InChI=1S/C32H32F3N7O3/c1-16-13-18(14-17(2)25(16)33)42-29(24-21-8-10-23(27(35)28(24)37-42)41(21)31(44)45-32(3,4)5)40-12-11-39(30(40)43)22-9-7-20-19(26(22)34)15-36-38(20)6/h7,9,11-15,21,23,27H,8,10H2,1-6H3/t21-,23+,27?/m0/s1. The molecule has 234 valence electrons. The van der Waals surface area contributed by atoms with Gasteiger partial charge in [-0.2, -0.15) is 10.2 Å². The smallest absolute Gasteiger partial charge is 0.411 e. The van der Waals surface area contributed by atoms with Gasteiger partial charge in [-0.3, -0.25) is 18.7 Å². The van der Waals surface area contributed by atoms with Gasteiger partial charge in [-0.1, -0.05) is 0 Å². The van der Waals surface area contributed by atoms with Crippen molar-refractivity contribution in [1.82, 2.24) is 33.6 Å². The molecule has 5 aromatic rings. The van der Waals surface area contributed by atoms with E-state index in [0.29, 0.717) is 40.7 Å². The van der Waals surface area contributed by atoms with Crippen LogP contribution in [0, 0.1) is 25.5 Å². The quantitative estimate of drug-likeness (QED) is 0.245. The summed E-state index contributed by atoms with van der Waals surface area (Å²) in [6.45, 7) is 8.43. The third-order valence-electron chi connectivity index (χ3n) is 8.67. The van der Waals surface area contributed by atoms with Gasteiger partial charge in [0.25, 0.3) is 0 Å². The van der Waals surface area contributed by atoms with E-state index in [1.165, 1.54) is 43.5 Å². The number of ether oxygens (including phenoxy) is 1. The first-order valence-electron chi connectivity index (χ1n) is 14.7. The van der Waals surface area contributed by atoms with Crippen LogP contribution in [0.1, 0.15) is 68.2 Å². The van der Waals surface area contributed by atoms with Crippen LogP contribution in [0.15, 0.2) is 47.7 Å². The SMILES string of the molecule is Cc1cc(-n2nc3c(c2-n2ccn(-c4ccc5c(cnn5C)c4F)c2=O)[C@@H]2CC[C@H](C3F)N2C(=O)OC(C)(C)C)cc(C)c1F. The molecule has 3 aromatic heterocycles. The molecule has 7 rings (SSSR count). The first-order chi connectivity index (χ1) is 21.3. The highest BCUT2D eigenvalue weighted by Gasteiger charge is 2.53. The maximum absolute atomic E-state index is 16.4. The van der Waals surface area contributed by atoms with E-state index < -0.39 is 41.5 Å². The molecule has 1 unspecified atom stereocenters. The Bertz CT molecular complexity index is 2060. The number of fused-ring (bicyclic) bond motifs is 5. The van der Waals surface area contributed by atoms with E-state index in [9.17, 15) is 14.0 Å². The molecule has 13 heteroatoms. The fourth-order valence-electron chi connectivity index (χ4n) is 6.68. The monoisotopic (exact) mass is 619 g/mol. The Balaban J connectivity index is 1.46. The zero-order valence-electron chi connectivity index (χ0n) is 25.7. The summed E-state index contributed by atoms with van der Waals surface area (Å²) in [5.41, 5.74) is 0.652. The van der Waals surface area contributed by atoms with Crippen molar-refractivity contribution in [1.29, 1.82) is 0 Å². The van der Waals surface area contributed by atoms with Gasteiger partial charge in [0.05, 0.1) is 40.6 Å². The number of amides is 1. The molecule has 2 bridgehead atoms. The molecule has 1 amide bonds. The van der Waals surface area contributed by atoms with Crippen LogP contribution in [0.4, 0.5) is 18.0 Å². The number of aryl methyl sites for hydroxylation is 3. The molecule has 0 saturated carbocycles. The summed E-state index contributed by atoms with van der Waals surface area (Å²) in [7, 11) is 1.69. The van der Waals surface area contributed by atoms with Crippen LogP contribution in [0.5, 0.6) is 0 Å². The summed E-state index contributed by atoms with van der Waals surface area (Å²) < 4.78 is 57.8. The van der Waals surface area contributed by atoms with Gasteiger partial charge in [0.15, 0.2) is 12.0 Å². The Morgan fingerprint density at radius 2 is 1.71 bits per heavy atom. The Hall–Kier alpha value is -4.81. The first-order valence-corrected chi connectivity index (χ1v) is 14.7. The highest BCUT2D eigenvalue weighted by molar-refractivity contribution is 5.81. The number of rotatable bonds is 3. The van der Waals surface area contributed by atoms with Crippen LogP contribution in [0.3, 0.4) is 0 Å². The van der Waals surface area contributed by atoms with Crippen molar-refractivity contribution in [2.45, 2.75) is 71.3 Å². The van der Waals surface area contributed by atoms with Crippen molar-refractivity contribution in [3.05, 3.63) is 87.4 Å². The van der Waals surface area contributed by atoms with Gasteiger partial charge in [-0.25, -0.2) is 27.4 Å². The molecule has 2 aromatic carbocycles. The van der Waals surface area contributed by atoms with Crippen molar-refractivity contribution in [3.8, 4) is 17.2 Å². The maximum atomic E-state index is 16.4. The Morgan fingerprint density at radius 3 is 2.40 bits per heavy atom. The third kappa shape index (κ3) is 4.31. The Labute approximate surface area is 256 Å². The van der Waals surface area contributed by atoms with Gasteiger partial charge in [-0.05, 0) is 82.9 Å². The van der Waals surface area contributed by atoms with Crippen molar-refractivity contribution in [2.24, 2.45) is 7.05 Å². The van der Waals surface area contributed by atoms with E-state index in [1.54, 1.807) is 59.9 Å². The molecule has 0 radical (unpaired) electrons. The number of imidazole rings is 1. The summed E-state index contributed by atoms with van der Waals surface area (Å²) in [5, 5.41) is 9.03. The molecule has 10 nitrogen and oxygen atoms in total. The van der Waals surface area contributed by atoms with Gasteiger partial charge in [0, 0.05) is 25.0 Å². The lowest BCUT2D eigenvalue weighted by Gasteiger charge is -2.37. The minimum atomic E-state index is -1.67. The van der Waals surface area contributed by atoms with E-state index in [2.05, 4.69) is 10.2 Å². The van der Waals surface area contributed by atoms with Gasteiger partial charge >= 0.3 is 11.8 Å². The second kappa shape index (κ2) is 9.85. The van der Waals surface area contributed by atoms with Gasteiger partial charge in [-0.15, -0.1) is 0 Å². The highest BCUT2D eigenvalue weighted by atomic mass is 19.1. The molecule has 2 aliphatic rings. The lowest BCUT2D eigenvalue weighted by Crippen LogP contribution is -2.45. The number of carbonyl (C=O) groups excluding carboxylic acids is 1. The molecular weight excluding hydrogens is 587 g/mol. The summed E-state index contributed by atoms with van der Waals surface area (Å²) >= 11 is 0. The first kappa shape index (κ1) is 28.9. The molecule has 1 saturated heterocycles. The molecular formula is C32H32F3N7O3. The second-order valence-electron chi connectivity index (χ2n) is 12.8. The molecule has 0 aliphatic carbocycles. The van der Waals surface area contributed by atoms with Crippen LogP contribution in [-0.4, -0.2) is 51.3 Å². The molecule has 0 N–H and O–H groups in total. The van der Waals surface area contributed by atoms with Crippen LogP contribution in [0.2, 0.25) is 0 Å².